The predicted octanol–water partition coefficient (Wildman–Crippen LogP) is 6.92. The van der Waals surface area contributed by atoms with Crippen molar-refractivity contribution < 1.29 is 13.9 Å². The smallest absolute Gasteiger partial charge is 0.292 e. The second kappa shape index (κ2) is 10.2. The fourth-order valence-corrected chi connectivity index (χ4v) is 3.70. The average Bonchev–Trinajstić information content (AvgIpc) is 3.37. The molecule has 10 heteroatoms. The molecule has 0 spiro atoms. The molecule has 1 amide bonds. The summed E-state index contributed by atoms with van der Waals surface area (Å²) in [6, 6.07) is 16.2. The van der Waals surface area contributed by atoms with E-state index in [9.17, 15) is 4.79 Å². The van der Waals surface area contributed by atoms with E-state index in [-0.39, 0.29) is 18.2 Å². The molecule has 32 heavy (non-hydrogen) atoms. The molecule has 164 valence electrons. The zero-order valence-corrected chi connectivity index (χ0v) is 20.7. The van der Waals surface area contributed by atoms with E-state index in [4.69, 9.17) is 44.0 Å². The molecule has 0 aliphatic carbocycles. The van der Waals surface area contributed by atoms with Crippen molar-refractivity contribution >= 4 is 69.1 Å². The summed E-state index contributed by atoms with van der Waals surface area (Å²) in [6.45, 7) is 0.611. The van der Waals surface area contributed by atoms with Gasteiger partial charge in [0.05, 0.1) is 16.6 Å². The standard InChI is InChI=1S/C22H15Cl3IN3O3/c23-17-7-1-13(9-18(17)24)10-29-11-19(25)21(28-29)27-22(30)20-8-6-16(32-20)12-31-15-4-2-14(26)3-5-15/h1-9,11H,10,12H2,(H,27,28,30). The molecule has 0 saturated carbocycles. The number of halogens is 4. The number of carbonyl (C=O) groups excluding carboxylic acids is 1. The van der Waals surface area contributed by atoms with Gasteiger partial charge in [-0.3, -0.25) is 9.48 Å². The Morgan fingerprint density at radius 1 is 1.03 bits per heavy atom. The van der Waals surface area contributed by atoms with Gasteiger partial charge in [-0.25, -0.2) is 0 Å². The minimum atomic E-state index is -0.466. The maximum atomic E-state index is 12.6. The summed E-state index contributed by atoms with van der Waals surface area (Å²) in [5.41, 5.74) is 0.889. The molecule has 0 saturated heterocycles. The van der Waals surface area contributed by atoms with Gasteiger partial charge in [-0.2, -0.15) is 5.10 Å². The molecule has 0 unspecified atom stereocenters. The topological polar surface area (TPSA) is 69.3 Å². The van der Waals surface area contributed by atoms with Crippen LogP contribution in [-0.2, 0) is 13.2 Å². The summed E-state index contributed by atoms with van der Waals surface area (Å²) >= 11 is 20.5. The predicted molar refractivity (Wildman–Crippen MR) is 133 cm³/mol. The van der Waals surface area contributed by atoms with Gasteiger partial charge in [0.25, 0.3) is 5.91 Å². The first kappa shape index (κ1) is 23.0. The number of hydrogen-bond acceptors (Lipinski definition) is 4. The SMILES string of the molecule is O=C(Nc1nn(Cc2ccc(Cl)c(Cl)c2)cc1Cl)c1ccc(COc2ccc(I)cc2)o1. The highest BCUT2D eigenvalue weighted by Crippen LogP contribution is 2.25. The second-order valence-electron chi connectivity index (χ2n) is 6.73. The number of furan rings is 1. The molecule has 0 fully saturated rings. The summed E-state index contributed by atoms with van der Waals surface area (Å²) in [5, 5.41) is 8.21. The lowest BCUT2D eigenvalue weighted by atomic mass is 10.2. The molecule has 6 nitrogen and oxygen atoms in total. The van der Waals surface area contributed by atoms with Crippen molar-refractivity contribution in [2.45, 2.75) is 13.2 Å². The van der Waals surface area contributed by atoms with Gasteiger partial charge in [0, 0.05) is 9.77 Å². The quantitative estimate of drug-likeness (QED) is 0.233. The van der Waals surface area contributed by atoms with Gasteiger partial charge in [-0.05, 0) is 76.7 Å². The highest BCUT2D eigenvalue weighted by atomic mass is 127. The van der Waals surface area contributed by atoms with Crippen molar-refractivity contribution in [1.82, 2.24) is 9.78 Å². The lowest BCUT2D eigenvalue weighted by Gasteiger charge is -2.04. The minimum Gasteiger partial charge on any atom is -0.486 e. The number of hydrogen-bond donors (Lipinski definition) is 1. The van der Waals surface area contributed by atoms with E-state index < -0.39 is 5.91 Å². The van der Waals surface area contributed by atoms with Crippen molar-refractivity contribution in [3.63, 3.8) is 0 Å². The van der Waals surface area contributed by atoms with Crippen LogP contribution in [0.3, 0.4) is 0 Å². The first-order chi connectivity index (χ1) is 15.4. The molecule has 4 rings (SSSR count). The van der Waals surface area contributed by atoms with Crippen LogP contribution in [0, 0.1) is 3.57 Å². The van der Waals surface area contributed by atoms with Crippen LogP contribution in [0.2, 0.25) is 15.1 Å². The number of aromatic nitrogens is 2. The van der Waals surface area contributed by atoms with Crippen LogP contribution >= 0.6 is 57.4 Å². The number of nitrogens with one attached hydrogen (secondary N) is 1. The zero-order valence-electron chi connectivity index (χ0n) is 16.3. The van der Waals surface area contributed by atoms with Crippen molar-refractivity contribution in [1.29, 1.82) is 0 Å². The molecule has 2 heterocycles. The average molecular weight is 603 g/mol. The number of rotatable bonds is 7. The highest BCUT2D eigenvalue weighted by Gasteiger charge is 2.16. The van der Waals surface area contributed by atoms with Crippen LogP contribution in [0.25, 0.3) is 0 Å². The number of nitrogens with zero attached hydrogens (tertiary/aromatic N) is 2. The van der Waals surface area contributed by atoms with E-state index in [1.54, 1.807) is 35.1 Å². The number of ether oxygens (including phenoxy) is 1. The fraction of sp³-hybridized carbons (Fsp3) is 0.0909. The monoisotopic (exact) mass is 601 g/mol. The van der Waals surface area contributed by atoms with E-state index in [2.05, 4.69) is 33.0 Å². The van der Waals surface area contributed by atoms with Crippen LogP contribution in [0.15, 0.2) is 65.2 Å². The van der Waals surface area contributed by atoms with Gasteiger partial charge in [-0.15, -0.1) is 0 Å². The summed E-state index contributed by atoms with van der Waals surface area (Å²) in [4.78, 5) is 12.6. The first-order valence-corrected chi connectivity index (χ1v) is 11.5. The summed E-state index contributed by atoms with van der Waals surface area (Å²) in [7, 11) is 0. The molecular formula is C22H15Cl3IN3O3. The third kappa shape index (κ3) is 5.78. The number of carbonyl (C=O) groups is 1. The number of benzene rings is 2. The summed E-state index contributed by atoms with van der Waals surface area (Å²) < 4.78 is 14.0. The van der Waals surface area contributed by atoms with Gasteiger partial charge in [0.15, 0.2) is 11.6 Å². The van der Waals surface area contributed by atoms with Crippen LogP contribution in [0.4, 0.5) is 5.82 Å². The Labute approximate surface area is 212 Å². The molecule has 2 aromatic heterocycles. The molecule has 0 aliphatic heterocycles. The highest BCUT2D eigenvalue weighted by molar-refractivity contribution is 14.1. The van der Waals surface area contributed by atoms with Crippen molar-refractivity contribution in [2.24, 2.45) is 0 Å². The summed E-state index contributed by atoms with van der Waals surface area (Å²) in [5.74, 6) is 1.12. The fourth-order valence-electron chi connectivity index (χ4n) is 2.82. The third-order valence-electron chi connectivity index (χ3n) is 4.36. The Morgan fingerprint density at radius 3 is 2.56 bits per heavy atom. The normalized spacial score (nSPS) is 10.9. The summed E-state index contributed by atoms with van der Waals surface area (Å²) in [6.07, 6.45) is 1.61. The third-order valence-corrected chi connectivity index (χ3v) is 6.09. The molecule has 4 aromatic rings. The molecule has 1 N–H and O–H groups in total. The molecule has 2 aromatic carbocycles. The maximum Gasteiger partial charge on any atom is 0.292 e. The zero-order chi connectivity index (χ0) is 22.7. The maximum absolute atomic E-state index is 12.6. The van der Waals surface area contributed by atoms with Crippen molar-refractivity contribution in [3.05, 3.63) is 96.5 Å². The van der Waals surface area contributed by atoms with Gasteiger partial charge in [0.1, 0.15) is 23.1 Å². The van der Waals surface area contributed by atoms with E-state index in [1.165, 1.54) is 0 Å². The Balaban J connectivity index is 1.37. The molecular weight excluding hydrogens is 588 g/mol. The Morgan fingerprint density at radius 2 is 1.81 bits per heavy atom. The number of amides is 1. The van der Waals surface area contributed by atoms with E-state index in [0.717, 1.165) is 9.13 Å². The number of anilines is 1. The van der Waals surface area contributed by atoms with Crippen LogP contribution < -0.4 is 10.1 Å². The Kier molecular flexibility index (Phi) is 7.30. The Hall–Kier alpha value is -2.20. The van der Waals surface area contributed by atoms with E-state index in [1.807, 2.05) is 30.3 Å². The molecule has 0 atom stereocenters. The lowest BCUT2D eigenvalue weighted by molar-refractivity contribution is 0.0992. The minimum absolute atomic E-state index is 0.126. The second-order valence-corrected chi connectivity index (χ2v) is 9.20. The van der Waals surface area contributed by atoms with Crippen molar-refractivity contribution in [2.75, 3.05) is 5.32 Å². The largest absolute Gasteiger partial charge is 0.486 e. The van der Waals surface area contributed by atoms with E-state index >= 15 is 0 Å². The van der Waals surface area contributed by atoms with Crippen LogP contribution in [0.1, 0.15) is 21.9 Å². The van der Waals surface area contributed by atoms with E-state index in [0.29, 0.717) is 33.1 Å². The van der Waals surface area contributed by atoms with Crippen LogP contribution in [0.5, 0.6) is 5.75 Å². The van der Waals surface area contributed by atoms with Gasteiger partial charge >= 0.3 is 0 Å². The van der Waals surface area contributed by atoms with Gasteiger partial charge < -0.3 is 14.5 Å². The molecule has 0 bridgehead atoms. The van der Waals surface area contributed by atoms with Crippen LogP contribution in [-0.4, -0.2) is 15.7 Å². The Bertz CT molecular complexity index is 1260. The van der Waals surface area contributed by atoms with Crippen molar-refractivity contribution in [3.8, 4) is 5.75 Å². The van der Waals surface area contributed by atoms with Gasteiger partial charge in [0.2, 0.25) is 0 Å². The first-order valence-electron chi connectivity index (χ1n) is 9.33. The molecule has 0 aliphatic rings. The van der Waals surface area contributed by atoms with Gasteiger partial charge in [-0.1, -0.05) is 40.9 Å². The molecule has 0 radical (unpaired) electrons. The lowest BCUT2D eigenvalue weighted by Crippen LogP contribution is -2.12.